The summed E-state index contributed by atoms with van der Waals surface area (Å²) >= 11 is 0. The van der Waals surface area contributed by atoms with Gasteiger partial charge in [0.05, 0.1) is 5.92 Å². The van der Waals surface area contributed by atoms with Crippen molar-refractivity contribution in [2.24, 2.45) is 5.92 Å². The van der Waals surface area contributed by atoms with Crippen molar-refractivity contribution in [2.75, 3.05) is 0 Å². The number of hydrogen-bond acceptors (Lipinski definition) is 1. The lowest BCUT2D eigenvalue weighted by molar-refractivity contribution is -0.141. The van der Waals surface area contributed by atoms with Gasteiger partial charge in [-0.05, 0) is 12.0 Å². The van der Waals surface area contributed by atoms with E-state index in [0.717, 1.165) is 5.56 Å². The topological polar surface area (TPSA) is 37.3 Å². The third-order valence-corrected chi connectivity index (χ3v) is 2.20. The van der Waals surface area contributed by atoms with Crippen molar-refractivity contribution < 1.29 is 18.7 Å². The molecule has 15 heavy (non-hydrogen) atoms. The van der Waals surface area contributed by atoms with Crippen molar-refractivity contribution in [3.63, 3.8) is 0 Å². The molecule has 1 aromatic rings. The minimum absolute atomic E-state index is 0.0401. The first-order valence-corrected chi connectivity index (χ1v) is 4.60. The summed E-state index contributed by atoms with van der Waals surface area (Å²) < 4.78 is 24.4. The van der Waals surface area contributed by atoms with Gasteiger partial charge in [-0.15, -0.1) is 0 Å². The largest absolute Gasteiger partial charge is 0.481 e. The Morgan fingerprint density at radius 3 is 2.27 bits per heavy atom. The maximum atomic E-state index is 12.2. The van der Waals surface area contributed by atoms with Crippen LogP contribution in [0.3, 0.4) is 0 Å². The van der Waals surface area contributed by atoms with Gasteiger partial charge in [0, 0.05) is 5.56 Å². The lowest BCUT2D eigenvalue weighted by Gasteiger charge is -2.06. The summed E-state index contributed by atoms with van der Waals surface area (Å²) in [5.41, 5.74) is 0.719. The van der Waals surface area contributed by atoms with E-state index in [1.807, 2.05) is 0 Å². The highest BCUT2D eigenvalue weighted by Crippen LogP contribution is 2.19. The molecule has 0 bridgehead atoms. The number of alkyl halides is 2. The van der Waals surface area contributed by atoms with Crippen LogP contribution in [-0.4, -0.2) is 11.1 Å². The molecule has 0 amide bonds. The van der Waals surface area contributed by atoms with Gasteiger partial charge in [-0.2, -0.15) is 0 Å². The highest BCUT2D eigenvalue weighted by atomic mass is 19.3. The summed E-state index contributed by atoms with van der Waals surface area (Å²) in [6.07, 6.45) is -2.12. The highest BCUT2D eigenvalue weighted by Gasteiger charge is 2.12. The molecule has 0 fully saturated rings. The van der Waals surface area contributed by atoms with E-state index in [-0.39, 0.29) is 5.56 Å². The van der Waals surface area contributed by atoms with Gasteiger partial charge >= 0.3 is 5.97 Å². The van der Waals surface area contributed by atoms with Crippen molar-refractivity contribution in [1.82, 2.24) is 0 Å². The number of benzene rings is 1. The van der Waals surface area contributed by atoms with Gasteiger partial charge in [0.1, 0.15) is 0 Å². The molecular weight excluding hydrogens is 202 g/mol. The molecule has 0 saturated heterocycles. The molecule has 0 unspecified atom stereocenters. The zero-order valence-electron chi connectivity index (χ0n) is 8.28. The first kappa shape index (κ1) is 11.6. The van der Waals surface area contributed by atoms with Crippen LogP contribution >= 0.6 is 0 Å². The Balaban J connectivity index is 2.68. The van der Waals surface area contributed by atoms with Crippen LogP contribution in [0.2, 0.25) is 0 Å². The van der Waals surface area contributed by atoms with Crippen LogP contribution in [0.1, 0.15) is 24.5 Å². The quantitative estimate of drug-likeness (QED) is 0.836. The Morgan fingerprint density at radius 2 is 1.87 bits per heavy atom. The van der Waals surface area contributed by atoms with E-state index in [1.165, 1.54) is 12.1 Å². The Bertz CT molecular complexity index is 333. The Labute approximate surface area is 86.5 Å². The van der Waals surface area contributed by atoms with Crippen molar-refractivity contribution in [3.05, 3.63) is 35.4 Å². The van der Waals surface area contributed by atoms with Crippen LogP contribution in [0, 0.1) is 5.92 Å². The predicted molar refractivity (Wildman–Crippen MR) is 51.9 cm³/mol. The first-order valence-electron chi connectivity index (χ1n) is 4.60. The number of rotatable bonds is 4. The van der Waals surface area contributed by atoms with Gasteiger partial charge in [0.25, 0.3) is 6.43 Å². The monoisotopic (exact) mass is 214 g/mol. The Kier molecular flexibility index (Phi) is 3.77. The van der Waals surface area contributed by atoms with Crippen LogP contribution in [0.25, 0.3) is 0 Å². The predicted octanol–water partition coefficient (Wildman–Crippen LogP) is 2.89. The maximum absolute atomic E-state index is 12.2. The summed E-state index contributed by atoms with van der Waals surface area (Å²) in [6, 6.07) is 5.74. The summed E-state index contributed by atoms with van der Waals surface area (Å²) in [7, 11) is 0. The zero-order chi connectivity index (χ0) is 11.4. The lowest BCUT2D eigenvalue weighted by Crippen LogP contribution is -2.12. The molecule has 0 aliphatic carbocycles. The normalized spacial score (nSPS) is 12.8. The molecule has 0 heterocycles. The third kappa shape index (κ3) is 3.31. The van der Waals surface area contributed by atoms with Gasteiger partial charge in [-0.3, -0.25) is 4.79 Å². The van der Waals surface area contributed by atoms with E-state index in [2.05, 4.69) is 0 Å². The van der Waals surface area contributed by atoms with Gasteiger partial charge < -0.3 is 5.11 Å². The fraction of sp³-hybridized carbons (Fsp3) is 0.364. The SMILES string of the molecule is C[C@H](Cc1ccc(C(F)F)cc1)C(=O)O. The second kappa shape index (κ2) is 4.87. The summed E-state index contributed by atoms with van der Waals surface area (Å²) in [6.45, 7) is 1.59. The molecule has 1 rings (SSSR count). The molecule has 1 aromatic carbocycles. The molecule has 2 nitrogen and oxygen atoms in total. The molecule has 82 valence electrons. The van der Waals surface area contributed by atoms with E-state index >= 15 is 0 Å². The van der Waals surface area contributed by atoms with Crippen molar-refractivity contribution in [1.29, 1.82) is 0 Å². The molecule has 0 aromatic heterocycles. The Morgan fingerprint density at radius 1 is 1.33 bits per heavy atom. The second-order valence-electron chi connectivity index (χ2n) is 3.49. The Hall–Kier alpha value is -1.45. The first-order chi connectivity index (χ1) is 7.00. The third-order valence-electron chi connectivity index (χ3n) is 2.20. The van der Waals surface area contributed by atoms with Gasteiger partial charge in [-0.25, -0.2) is 8.78 Å². The minimum Gasteiger partial charge on any atom is -0.481 e. The second-order valence-corrected chi connectivity index (χ2v) is 3.49. The van der Waals surface area contributed by atoms with Crippen LogP contribution in [-0.2, 0) is 11.2 Å². The molecule has 1 N–H and O–H groups in total. The average Bonchev–Trinajstić information content (AvgIpc) is 2.18. The van der Waals surface area contributed by atoms with E-state index in [0.29, 0.717) is 6.42 Å². The fourth-order valence-electron chi connectivity index (χ4n) is 1.24. The molecule has 1 atom stereocenters. The van der Waals surface area contributed by atoms with Gasteiger partial charge in [0.15, 0.2) is 0 Å². The van der Waals surface area contributed by atoms with E-state index < -0.39 is 18.3 Å². The fourth-order valence-corrected chi connectivity index (χ4v) is 1.24. The van der Waals surface area contributed by atoms with Crippen LogP contribution < -0.4 is 0 Å². The summed E-state index contributed by atoms with van der Waals surface area (Å²) in [5, 5.41) is 8.67. The molecular formula is C11H12F2O2. The average molecular weight is 214 g/mol. The minimum atomic E-state index is -2.48. The number of halogens is 2. The molecule has 0 spiro atoms. The van der Waals surface area contributed by atoms with Crippen molar-refractivity contribution in [2.45, 2.75) is 19.8 Å². The number of carbonyl (C=O) groups is 1. The molecule has 4 heteroatoms. The van der Waals surface area contributed by atoms with E-state index in [4.69, 9.17) is 5.11 Å². The number of hydrogen-bond donors (Lipinski definition) is 1. The van der Waals surface area contributed by atoms with Crippen LogP contribution in [0.15, 0.2) is 24.3 Å². The number of carboxylic acids is 1. The highest BCUT2D eigenvalue weighted by molar-refractivity contribution is 5.69. The number of carboxylic acid groups (broad SMARTS) is 1. The van der Waals surface area contributed by atoms with Gasteiger partial charge in [-0.1, -0.05) is 31.2 Å². The standard InChI is InChI=1S/C11H12F2O2/c1-7(11(14)15)6-8-2-4-9(5-3-8)10(12)13/h2-5,7,10H,6H2,1H3,(H,14,15)/t7-/m1/s1. The van der Waals surface area contributed by atoms with Crippen LogP contribution in [0.5, 0.6) is 0 Å². The molecule has 0 aliphatic rings. The summed E-state index contributed by atoms with van der Waals surface area (Å²) in [5.74, 6) is -1.38. The molecule has 0 radical (unpaired) electrons. The van der Waals surface area contributed by atoms with Gasteiger partial charge in [0.2, 0.25) is 0 Å². The number of aliphatic carboxylic acids is 1. The smallest absolute Gasteiger partial charge is 0.306 e. The van der Waals surface area contributed by atoms with E-state index in [9.17, 15) is 13.6 Å². The van der Waals surface area contributed by atoms with Crippen molar-refractivity contribution >= 4 is 5.97 Å². The van der Waals surface area contributed by atoms with E-state index in [1.54, 1.807) is 19.1 Å². The maximum Gasteiger partial charge on any atom is 0.306 e. The molecule has 0 aliphatic heterocycles. The summed E-state index contributed by atoms with van der Waals surface area (Å²) in [4.78, 5) is 10.6. The van der Waals surface area contributed by atoms with Crippen LogP contribution in [0.4, 0.5) is 8.78 Å². The zero-order valence-corrected chi connectivity index (χ0v) is 8.28. The molecule has 0 saturated carbocycles. The van der Waals surface area contributed by atoms with Crippen molar-refractivity contribution in [3.8, 4) is 0 Å². The lowest BCUT2D eigenvalue weighted by atomic mass is 10.0.